The van der Waals surface area contributed by atoms with E-state index >= 15 is 0 Å². The number of nitrogens with one attached hydrogen (secondary N) is 2. The molecule has 0 unspecified atom stereocenters. The van der Waals surface area contributed by atoms with E-state index in [1.54, 1.807) is 19.2 Å². The fourth-order valence-electron chi connectivity index (χ4n) is 1.98. The summed E-state index contributed by atoms with van der Waals surface area (Å²) in [5, 5.41) is 5.57. The van der Waals surface area contributed by atoms with Crippen LogP contribution in [0.1, 0.15) is 25.3 Å². The van der Waals surface area contributed by atoms with Crippen molar-refractivity contribution in [1.82, 2.24) is 0 Å². The van der Waals surface area contributed by atoms with Gasteiger partial charge in [-0.3, -0.25) is 0 Å². The van der Waals surface area contributed by atoms with Gasteiger partial charge in [-0.05, 0) is 35.7 Å². The molecule has 0 aliphatic heterocycles. The average molecular weight is 284 g/mol. The van der Waals surface area contributed by atoms with E-state index in [-0.39, 0.29) is 6.03 Å². The minimum atomic E-state index is -0.295. The van der Waals surface area contributed by atoms with Crippen LogP contribution in [-0.2, 0) is 0 Å². The molecule has 4 nitrogen and oxygen atoms in total. The number of urea groups is 1. The lowest BCUT2D eigenvalue weighted by Gasteiger charge is -2.11. The summed E-state index contributed by atoms with van der Waals surface area (Å²) in [6.07, 6.45) is 0. The lowest BCUT2D eigenvalue weighted by Crippen LogP contribution is -2.19. The molecular weight excluding hydrogens is 264 g/mol. The fraction of sp³-hybridized carbons (Fsp3) is 0.235. The topological polar surface area (TPSA) is 50.4 Å². The largest absolute Gasteiger partial charge is 0.495 e. The van der Waals surface area contributed by atoms with Crippen LogP contribution in [0.5, 0.6) is 5.75 Å². The molecule has 2 aromatic carbocycles. The highest BCUT2D eigenvalue weighted by Gasteiger charge is 2.07. The predicted octanol–water partition coefficient (Wildman–Crippen LogP) is 4.46. The Labute approximate surface area is 125 Å². The first kappa shape index (κ1) is 14.9. The van der Waals surface area contributed by atoms with Crippen molar-refractivity contribution in [2.45, 2.75) is 19.8 Å². The standard InChI is InChI=1S/C17H20N2O2/c1-12(2)13-8-10-14(11-9-13)18-17(20)19-15-6-4-5-7-16(15)21-3/h4-12H,1-3H3,(H2,18,19,20). The van der Waals surface area contributed by atoms with Gasteiger partial charge in [-0.25, -0.2) is 4.79 Å². The van der Waals surface area contributed by atoms with E-state index < -0.39 is 0 Å². The molecule has 2 rings (SSSR count). The Morgan fingerprint density at radius 2 is 1.67 bits per heavy atom. The number of methoxy groups -OCH3 is 1. The van der Waals surface area contributed by atoms with E-state index in [1.165, 1.54) is 5.56 Å². The van der Waals surface area contributed by atoms with E-state index in [4.69, 9.17) is 4.74 Å². The van der Waals surface area contributed by atoms with Crippen LogP contribution >= 0.6 is 0 Å². The number of carbonyl (C=O) groups is 1. The molecule has 0 spiro atoms. The van der Waals surface area contributed by atoms with Crippen molar-refractivity contribution in [3.8, 4) is 5.75 Å². The zero-order valence-corrected chi connectivity index (χ0v) is 12.5. The molecule has 2 aromatic rings. The summed E-state index contributed by atoms with van der Waals surface area (Å²) in [5.74, 6) is 1.10. The molecule has 0 atom stereocenters. The molecule has 4 heteroatoms. The average Bonchev–Trinajstić information content (AvgIpc) is 2.48. The van der Waals surface area contributed by atoms with Gasteiger partial charge in [0.1, 0.15) is 5.75 Å². The molecule has 2 N–H and O–H groups in total. The van der Waals surface area contributed by atoms with E-state index in [0.717, 1.165) is 5.69 Å². The number of carbonyl (C=O) groups excluding carboxylic acids is 1. The van der Waals surface area contributed by atoms with Crippen molar-refractivity contribution in [1.29, 1.82) is 0 Å². The maximum atomic E-state index is 12.0. The quantitative estimate of drug-likeness (QED) is 0.870. The highest BCUT2D eigenvalue weighted by Crippen LogP contribution is 2.23. The summed E-state index contributed by atoms with van der Waals surface area (Å²) in [6, 6.07) is 14.8. The van der Waals surface area contributed by atoms with Gasteiger partial charge in [-0.2, -0.15) is 0 Å². The summed E-state index contributed by atoms with van der Waals surface area (Å²) >= 11 is 0. The van der Waals surface area contributed by atoms with Gasteiger partial charge in [-0.15, -0.1) is 0 Å². The molecular formula is C17H20N2O2. The number of para-hydroxylation sites is 2. The van der Waals surface area contributed by atoms with Gasteiger partial charge in [0, 0.05) is 5.69 Å². The van der Waals surface area contributed by atoms with Gasteiger partial charge in [0.25, 0.3) is 0 Å². The Morgan fingerprint density at radius 3 is 2.29 bits per heavy atom. The molecule has 0 bridgehead atoms. The molecule has 0 fully saturated rings. The molecule has 0 heterocycles. The Balaban J connectivity index is 2.01. The number of ether oxygens (including phenoxy) is 1. The molecule has 0 saturated carbocycles. The summed E-state index contributed by atoms with van der Waals surface area (Å²) in [7, 11) is 1.57. The molecule has 2 amide bonds. The molecule has 0 aliphatic rings. The van der Waals surface area contributed by atoms with E-state index in [0.29, 0.717) is 17.4 Å². The minimum absolute atomic E-state index is 0.295. The van der Waals surface area contributed by atoms with Crippen LogP contribution in [0.4, 0.5) is 16.2 Å². The minimum Gasteiger partial charge on any atom is -0.495 e. The van der Waals surface area contributed by atoms with Gasteiger partial charge in [0.15, 0.2) is 0 Å². The van der Waals surface area contributed by atoms with Gasteiger partial charge < -0.3 is 15.4 Å². The van der Waals surface area contributed by atoms with E-state index in [9.17, 15) is 4.79 Å². The van der Waals surface area contributed by atoms with Crippen LogP contribution in [0, 0.1) is 0 Å². The summed E-state index contributed by atoms with van der Waals surface area (Å²) < 4.78 is 5.20. The lowest BCUT2D eigenvalue weighted by molar-refractivity contribution is 0.262. The molecule has 0 aliphatic carbocycles. The van der Waals surface area contributed by atoms with Crippen LogP contribution in [0.3, 0.4) is 0 Å². The van der Waals surface area contributed by atoms with Gasteiger partial charge in [-0.1, -0.05) is 38.1 Å². The second-order valence-corrected chi connectivity index (χ2v) is 5.06. The van der Waals surface area contributed by atoms with Crippen molar-refractivity contribution in [3.05, 3.63) is 54.1 Å². The number of hydrogen-bond donors (Lipinski definition) is 2. The molecule has 110 valence electrons. The van der Waals surface area contributed by atoms with E-state index in [2.05, 4.69) is 24.5 Å². The summed E-state index contributed by atoms with van der Waals surface area (Å²) in [6.45, 7) is 4.27. The van der Waals surface area contributed by atoms with Crippen molar-refractivity contribution < 1.29 is 9.53 Å². The van der Waals surface area contributed by atoms with Crippen molar-refractivity contribution >= 4 is 17.4 Å². The Morgan fingerprint density at radius 1 is 1.00 bits per heavy atom. The lowest BCUT2D eigenvalue weighted by atomic mass is 10.0. The second-order valence-electron chi connectivity index (χ2n) is 5.06. The Bertz CT molecular complexity index is 606. The van der Waals surface area contributed by atoms with Gasteiger partial charge in [0.2, 0.25) is 0 Å². The molecule has 0 saturated heterocycles. The predicted molar refractivity (Wildman–Crippen MR) is 86.2 cm³/mol. The van der Waals surface area contributed by atoms with Gasteiger partial charge in [0.05, 0.1) is 12.8 Å². The number of anilines is 2. The zero-order valence-electron chi connectivity index (χ0n) is 12.5. The van der Waals surface area contributed by atoms with Crippen molar-refractivity contribution in [2.75, 3.05) is 17.7 Å². The number of amides is 2. The van der Waals surface area contributed by atoms with Crippen LogP contribution in [0.2, 0.25) is 0 Å². The van der Waals surface area contributed by atoms with Crippen LogP contribution in [0.25, 0.3) is 0 Å². The zero-order chi connectivity index (χ0) is 15.2. The molecule has 0 radical (unpaired) electrons. The first-order chi connectivity index (χ1) is 10.1. The SMILES string of the molecule is COc1ccccc1NC(=O)Nc1ccc(C(C)C)cc1. The normalized spacial score (nSPS) is 10.3. The number of rotatable bonds is 4. The van der Waals surface area contributed by atoms with E-state index in [1.807, 2.05) is 36.4 Å². The van der Waals surface area contributed by atoms with Gasteiger partial charge >= 0.3 is 6.03 Å². The third-order valence-corrected chi connectivity index (χ3v) is 3.19. The van der Waals surface area contributed by atoms with Crippen LogP contribution in [-0.4, -0.2) is 13.1 Å². The maximum Gasteiger partial charge on any atom is 0.323 e. The van der Waals surface area contributed by atoms with Crippen LogP contribution in [0.15, 0.2) is 48.5 Å². The molecule has 21 heavy (non-hydrogen) atoms. The van der Waals surface area contributed by atoms with Crippen LogP contribution < -0.4 is 15.4 Å². The first-order valence-corrected chi connectivity index (χ1v) is 6.91. The maximum absolute atomic E-state index is 12.0. The Hall–Kier alpha value is -2.49. The monoisotopic (exact) mass is 284 g/mol. The molecule has 0 aromatic heterocycles. The number of benzene rings is 2. The van der Waals surface area contributed by atoms with Crippen molar-refractivity contribution in [2.24, 2.45) is 0 Å². The Kier molecular flexibility index (Phi) is 4.82. The third-order valence-electron chi connectivity index (χ3n) is 3.19. The number of hydrogen-bond acceptors (Lipinski definition) is 2. The highest BCUT2D eigenvalue weighted by molar-refractivity contribution is 6.00. The smallest absolute Gasteiger partial charge is 0.323 e. The summed E-state index contributed by atoms with van der Waals surface area (Å²) in [5.41, 5.74) is 2.63. The first-order valence-electron chi connectivity index (χ1n) is 6.91. The summed E-state index contributed by atoms with van der Waals surface area (Å²) in [4.78, 5) is 12.0. The van der Waals surface area contributed by atoms with Crippen molar-refractivity contribution in [3.63, 3.8) is 0 Å². The fourth-order valence-corrected chi connectivity index (χ4v) is 1.98. The third kappa shape index (κ3) is 3.99. The highest BCUT2D eigenvalue weighted by atomic mass is 16.5. The second kappa shape index (κ2) is 6.79.